The molecule has 7 rings (SSSR count). The molecule has 0 spiro atoms. The van der Waals surface area contributed by atoms with Crippen molar-refractivity contribution in [2.24, 2.45) is 17.8 Å². The fourth-order valence-corrected chi connectivity index (χ4v) is 8.51. The Kier molecular flexibility index (Phi) is 6.35. The van der Waals surface area contributed by atoms with E-state index in [1.165, 1.54) is 42.5 Å². The molecule has 2 fully saturated rings. The zero-order valence-electron chi connectivity index (χ0n) is 22.9. The number of aryl methyl sites for hydroxylation is 1. The van der Waals surface area contributed by atoms with Crippen molar-refractivity contribution in [3.63, 3.8) is 0 Å². The standard InChI is InChI=1S/C34H33N3O3S/c1-21-6-5-9-27(18-21)37-41(39,40)28-15-13-26(14-16-28)35-34(38)25-12-17-30-29(20-25)31-23-10-11-24(19-23)32(31)33(36-30)22-7-3-2-4-8-22/h2-9,12-18,20,23-24,31-33,36-37H,10-11,19H2,1H3,(H,35,38)/t23-,24-,31-,32+,33-/m0/s1. The average molecular weight is 564 g/mol. The normalized spacial score (nSPS) is 24.2. The molecule has 0 unspecified atom stereocenters. The molecule has 7 heteroatoms. The molecule has 5 atom stereocenters. The number of sulfonamides is 1. The van der Waals surface area contributed by atoms with Gasteiger partial charge in [-0.25, -0.2) is 8.42 Å². The van der Waals surface area contributed by atoms with Crippen LogP contribution in [-0.2, 0) is 10.0 Å². The Bertz CT molecular complexity index is 1720. The van der Waals surface area contributed by atoms with Crippen LogP contribution in [0.25, 0.3) is 0 Å². The smallest absolute Gasteiger partial charge is 0.261 e. The van der Waals surface area contributed by atoms with Gasteiger partial charge < -0.3 is 10.6 Å². The first-order valence-electron chi connectivity index (χ1n) is 14.3. The predicted octanol–water partition coefficient (Wildman–Crippen LogP) is 7.34. The molecule has 4 aromatic carbocycles. The van der Waals surface area contributed by atoms with Gasteiger partial charge >= 0.3 is 0 Å². The number of carbonyl (C=O) groups excluding carboxylic acids is 1. The van der Waals surface area contributed by atoms with E-state index in [2.05, 4.69) is 57.8 Å². The summed E-state index contributed by atoms with van der Waals surface area (Å²) in [6, 6.07) is 30.5. The highest BCUT2D eigenvalue weighted by atomic mass is 32.2. The first-order valence-corrected chi connectivity index (χ1v) is 15.8. The Morgan fingerprint density at radius 1 is 0.829 bits per heavy atom. The maximum atomic E-state index is 13.3. The maximum Gasteiger partial charge on any atom is 0.261 e. The van der Waals surface area contributed by atoms with Gasteiger partial charge in [0.1, 0.15) is 0 Å². The van der Waals surface area contributed by atoms with E-state index >= 15 is 0 Å². The van der Waals surface area contributed by atoms with Gasteiger partial charge in [-0.05, 0) is 121 Å². The number of amides is 1. The highest BCUT2D eigenvalue weighted by molar-refractivity contribution is 7.92. The minimum Gasteiger partial charge on any atom is -0.378 e. The van der Waals surface area contributed by atoms with Crippen LogP contribution in [-0.4, -0.2) is 14.3 Å². The van der Waals surface area contributed by atoms with Gasteiger partial charge in [-0.1, -0.05) is 42.5 Å². The molecule has 2 saturated carbocycles. The summed E-state index contributed by atoms with van der Waals surface area (Å²) in [5.74, 6) is 2.16. The molecule has 1 aliphatic heterocycles. The van der Waals surface area contributed by atoms with Crippen molar-refractivity contribution in [2.45, 2.75) is 43.0 Å². The molecule has 0 saturated heterocycles. The van der Waals surface area contributed by atoms with Crippen LogP contribution < -0.4 is 15.4 Å². The Morgan fingerprint density at radius 3 is 2.39 bits per heavy atom. The van der Waals surface area contributed by atoms with Crippen LogP contribution in [0.3, 0.4) is 0 Å². The number of carbonyl (C=O) groups is 1. The van der Waals surface area contributed by atoms with Crippen LogP contribution in [0.5, 0.6) is 0 Å². The van der Waals surface area contributed by atoms with Crippen molar-refractivity contribution in [3.8, 4) is 0 Å². The van der Waals surface area contributed by atoms with Crippen molar-refractivity contribution in [2.75, 3.05) is 15.4 Å². The van der Waals surface area contributed by atoms with Crippen LogP contribution in [0, 0.1) is 24.7 Å². The summed E-state index contributed by atoms with van der Waals surface area (Å²) in [7, 11) is -3.74. The number of hydrogen-bond donors (Lipinski definition) is 3. The molecule has 3 aliphatic rings. The lowest BCUT2D eigenvalue weighted by Crippen LogP contribution is -2.35. The van der Waals surface area contributed by atoms with Crippen LogP contribution in [0.1, 0.15) is 58.3 Å². The minimum atomic E-state index is -3.74. The lowest BCUT2D eigenvalue weighted by atomic mass is 9.68. The second kappa shape index (κ2) is 10.1. The quantitative estimate of drug-likeness (QED) is 0.229. The second-order valence-corrected chi connectivity index (χ2v) is 13.4. The molecule has 0 aromatic heterocycles. The zero-order valence-corrected chi connectivity index (χ0v) is 23.7. The molecule has 3 N–H and O–H groups in total. The van der Waals surface area contributed by atoms with Gasteiger partial charge in [0.2, 0.25) is 0 Å². The molecule has 1 amide bonds. The van der Waals surface area contributed by atoms with E-state index in [1.54, 1.807) is 24.3 Å². The first kappa shape index (κ1) is 25.8. The van der Waals surface area contributed by atoms with Crippen molar-refractivity contribution in [1.29, 1.82) is 0 Å². The van der Waals surface area contributed by atoms with E-state index in [1.807, 2.05) is 25.1 Å². The molecular weight excluding hydrogens is 530 g/mol. The third-order valence-electron chi connectivity index (χ3n) is 9.20. The molecular formula is C34H33N3O3S. The summed E-state index contributed by atoms with van der Waals surface area (Å²) in [6.07, 6.45) is 3.82. The van der Waals surface area contributed by atoms with E-state index in [0.717, 1.165) is 11.3 Å². The molecule has 2 aliphatic carbocycles. The number of fused-ring (bicyclic) bond motifs is 7. The van der Waals surface area contributed by atoms with E-state index in [0.29, 0.717) is 46.7 Å². The Hall–Kier alpha value is -4.10. The molecule has 208 valence electrons. The molecule has 2 bridgehead atoms. The fourth-order valence-electron chi connectivity index (χ4n) is 7.46. The zero-order chi connectivity index (χ0) is 28.1. The third-order valence-corrected chi connectivity index (χ3v) is 10.6. The molecule has 41 heavy (non-hydrogen) atoms. The first-order chi connectivity index (χ1) is 19.9. The van der Waals surface area contributed by atoms with E-state index < -0.39 is 10.0 Å². The maximum absolute atomic E-state index is 13.3. The van der Waals surface area contributed by atoms with Crippen molar-refractivity contribution in [3.05, 3.63) is 119 Å². The van der Waals surface area contributed by atoms with Gasteiger partial charge in [-0.3, -0.25) is 9.52 Å². The topological polar surface area (TPSA) is 87.3 Å². The van der Waals surface area contributed by atoms with Crippen molar-refractivity contribution >= 4 is 33.0 Å². The summed E-state index contributed by atoms with van der Waals surface area (Å²) in [5.41, 5.74) is 6.35. The summed E-state index contributed by atoms with van der Waals surface area (Å²) in [6.45, 7) is 1.91. The van der Waals surface area contributed by atoms with E-state index in [9.17, 15) is 13.2 Å². The summed E-state index contributed by atoms with van der Waals surface area (Å²) in [5, 5.41) is 6.79. The van der Waals surface area contributed by atoms with Gasteiger partial charge in [0.05, 0.1) is 10.9 Å². The van der Waals surface area contributed by atoms with Gasteiger partial charge in [-0.2, -0.15) is 0 Å². The van der Waals surface area contributed by atoms with Crippen LogP contribution in [0.4, 0.5) is 17.1 Å². The lowest BCUT2D eigenvalue weighted by molar-refractivity contribution is 0.102. The summed E-state index contributed by atoms with van der Waals surface area (Å²) in [4.78, 5) is 13.5. The van der Waals surface area contributed by atoms with Crippen LogP contribution in [0.15, 0.2) is 102 Å². The molecule has 1 heterocycles. The number of anilines is 3. The largest absolute Gasteiger partial charge is 0.378 e. The Morgan fingerprint density at radius 2 is 1.61 bits per heavy atom. The number of nitrogens with one attached hydrogen (secondary N) is 3. The molecule has 6 nitrogen and oxygen atoms in total. The van der Waals surface area contributed by atoms with Gasteiger partial charge in [0.15, 0.2) is 0 Å². The van der Waals surface area contributed by atoms with Gasteiger partial charge in [-0.15, -0.1) is 0 Å². The number of hydrogen-bond acceptors (Lipinski definition) is 4. The minimum absolute atomic E-state index is 0.132. The van der Waals surface area contributed by atoms with E-state index in [-0.39, 0.29) is 10.8 Å². The highest BCUT2D eigenvalue weighted by Gasteiger charge is 2.53. The fraction of sp³-hybridized carbons (Fsp3) is 0.265. The summed E-state index contributed by atoms with van der Waals surface area (Å²) < 4.78 is 28.3. The average Bonchev–Trinajstić information content (AvgIpc) is 3.60. The number of rotatable bonds is 6. The molecule has 0 radical (unpaired) electrons. The second-order valence-electron chi connectivity index (χ2n) is 11.7. The summed E-state index contributed by atoms with van der Waals surface area (Å²) >= 11 is 0. The number of benzene rings is 4. The predicted molar refractivity (Wildman–Crippen MR) is 163 cm³/mol. The van der Waals surface area contributed by atoms with Crippen LogP contribution in [0.2, 0.25) is 0 Å². The van der Waals surface area contributed by atoms with Crippen molar-refractivity contribution in [1.82, 2.24) is 0 Å². The molecule has 4 aromatic rings. The van der Waals surface area contributed by atoms with E-state index in [4.69, 9.17) is 0 Å². The lowest BCUT2D eigenvalue weighted by Gasteiger charge is -2.43. The SMILES string of the molecule is Cc1cccc(NS(=O)(=O)c2ccc(NC(=O)c3ccc4c(c3)[C@@H]3[C@H]5CC[C@@H](C5)[C@H]3[C@H](c3ccccc3)N4)cc2)c1. The highest BCUT2D eigenvalue weighted by Crippen LogP contribution is 2.63. The third kappa shape index (κ3) is 4.78. The monoisotopic (exact) mass is 563 g/mol. The Labute approximate surface area is 241 Å². The van der Waals surface area contributed by atoms with Crippen molar-refractivity contribution < 1.29 is 13.2 Å². The van der Waals surface area contributed by atoms with Gasteiger partial charge in [0.25, 0.3) is 15.9 Å². The van der Waals surface area contributed by atoms with Gasteiger partial charge in [0, 0.05) is 22.6 Å². The van der Waals surface area contributed by atoms with Crippen LogP contribution >= 0.6 is 0 Å². The Balaban J connectivity index is 1.10.